The molecular formula is C20H17N2Y-. The Morgan fingerprint density at radius 1 is 1.00 bits per heavy atom. The van der Waals surface area contributed by atoms with Crippen molar-refractivity contribution in [2.24, 2.45) is 12.0 Å². The van der Waals surface area contributed by atoms with Crippen molar-refractivity contribution in [3.8, 4) is 11.3 Å². The molecule has 0 aliphatic rings. The van der Waals surface area contributed by atoms with Crippen LogP contribution in [0.15, 0.2) is 71.9 Å². The molecule has 111 valence electrons. The zero-order valence-corrected chi connectivity index (χ0v) is 16.2. The summed E-state index contributed by atoms with van der Waals surface area (Å²) in [5.41, 5.74) is 5.31. The van der Waals surface area contributed by atoms with Crippen LogP contribution in [-0.4, -0.2) is 6.21 Å². The molecule has 1 radical (unpaired) electrons. The number of hydrogen-bond donors (Lipinski definition) is 0. The molecule has 3 rings (SSSR count). The van der Waals surface area contributed by atoms with E-state index in [0.29, 0.717) is 0 Å². The van der Waals surface area contributed by atoms with Crippen LogP contribution in [0.1, 0.15) is 11.1 Å². The fraction of sp³-hybridized carbons (Fsp3) is 0.100. The van der Waals surface area contributed by atoms with Crippen LogP contribution < -0.4 is 4.57 Å². The molecule has 0 amide bonds. The van der Waals surface area contributed by atoms with E-state index < -0.39 is 0 Å². The van der Waals surface area contributed by atoms with Gasteiger partial charge in [-0.3, -0.25) is 0 Å². The quantitative estimate of drug-likeness (QED) is 0.376. The van der Waals surface area contributed by atoms with Crippen molar-refractivity contribution in [2.75, 3.05) is 0 Å². The summed E-state index contributed by atoms with van der Waals surface area (Å²) in [6.45, 7) is 2.12. The molecule has 2 nitrogen and oxygen atoms in total. The van der Waals surface area contributed by atoms with E-state index in [-0.39, 0.29) is 32.7 Å². The van der Waals surface area contributed by atoms with Gasteiger partial charge >= 0.3 is 0 Å². The van der Waals surface area contributed by atoms with E-state index in [4.69, 9.17) is 0 Å². The van der Waals surface area contributed by atoms with Crippen LogP contribution in [-0.2, 0) is 39.8 Å². The van der Waals surface area contributed by atoms with Crippen LogP contribution >= 0.6 is 0 Å². The predicted octanol–water partition coefficient (Wildman–Crippen LogP) is 3.91. The second-order valence-electron chi connectivity index (χ2n) is 5.20. The Labute approximate surface area is 162 Å². The molecule has 0 N–H and O–H groups in total. The average molecular weight is 374 g/mol. The number of aryl methyl sites for hydroxylation is 2. The normalized spacial score (nSPS) is 10.5. The van der Waals surface area contributed by atoms with Gasteiger partial charge in [0.2, 0.25) is 0 Å². The van der Waals surface area contributed by atoms with E-state index in [1.165, 1.54) is 11.1 Å². The molecule has 0 spiro atoms. The van der Waals surface area contributed by atoms with Gasteiger partial charge in [0.15, 0.2) is 0 Å². The molecule has 0 saturated heterocycles. The Hall–Kier alpha value is -1.64. The fourth-order valence-corrected chi connectivity index (χ4v) is 2.36. The summed E-state index contributed by atoms with van der Waals surface area (Å²) in [5.74, 6) is 0. The molecule has 2 aromatic carbocycles. The van der Waals surface area contributed by atoms with Crippen LogP contribution in [0.4, 0.5) is 5.69 Å². The Morgan fingerprint density at radius 2 is 1.70 bits per heavy atom. The number of hydrogen-bond acceptors (Lipinski definition) is 1. The molecule has 23 heavy (non-hydrogen) atoms. The van der Waals surface area contributed by atoms with E-state index in [9.17, 15) is 0 Å². The van der Waals surface area contributed by atoms with Gasteiger partial charge in [-0.1, -0.05) is 36.0 Å². The van der Waals surface area contributed by atoms with Gasteiger partial charge in [-0.05, 0) is 24.3 Å². The van der Waals surface area contributed by atoms with Gasteiger partial charge in [0.25, 0.3) is 0 Å². The van der Waals surface area contributed by atoms with Crippen molar-refractivity contribution in [3.63, 3.8) is 0 Å². The van der Waals surface area contributed by atoms with Crippen molar-refractivity contribution >= 4 is 11.9 Å². The Morgan fingerprint density at radius 3 is 2.39 bits per heavy atom. The summed E-state index contributed by atoms with van der Waals surface area (Å²) < 4.78 is 2.07. The Bertz CT molecular complexity index is 811. The van der Waals surface area contributed by atoms with Crippen LogP contribution in [0.5, 0.6) is 0 Å². The van der Waals surface area contributed by atoms with E-state index in [1.807, 2.05) is 49.6 Å². The summed E-state index contributed by atoms with van der Waals surface area (Å²) >= 11 is 0. The number of nitrogens with zero attached hydrogens (tertiary/aromatic N) is 2. The van der Waals surface area contributed by atoms with E-state index in [2.05, 4.69) is 53.0 Å². The fourth-order valence-electron chi connectivity index (χ4n) is 2.36. The number of aliphatic imine (C=N–C) groups is 1. The van der Waals surface area contributed by atoms with Crippen molar-refractivity contribution in [2.45, 2.75) is 6.92 Å². The predicted molar refractivity (Wildman–Crippen MR) is 89.3 cm³/mol. The van der Waals surface area contributed by atoms with Gasteiger partial charge in [0, 0.05) is 38.9 Å². The van der Waals surface area contributed by atoms with Gasteiger partial charge in [0.1, 0.15) is 12.7 Å². The zero-order valence-electron chi connectivity index (χ0n) is 13.3. The second-order valence-corrected chi connectivity index (χ2v) is 5.20. The molecule has 0 aliphatic carbocycles. The minimum Gasteiger partial charge on any atom is -0.372 e. The molecule has 1 heterocycles. The number of pyridine rings is 1. The molecule has 0 unspecified atom stereocenters. The van der Waals surface area contributed by atoms with Gasteiger partial charge in [0.05, 0.1) is 0 Å². The van der Waals surface area contributed by atoms with Crippen molar-refractivity contribution in [3.05, 3.63) is 84.1 Å². The number of benzene rings is 2. The summed E-state index contributed by atoms with van der Waals surface area (Å²) in [6, 6.07) is 23.4. The third kappa shape index (κ3) is 4.43. The summed E-state index contributed by atoms with van der Waals surface area (Å²) in [4.78, 5) is 4.37. The van der Waals surface area contributed by atoms with Crippen LogP contribution in [0, 0.1) is 13.0 Å². The first-order chi connectivity index (χ1) is 10.7. The third-order valence-electron chi connectivity index (χ3n) is 3.55. The first-order valence-corrected chi connectivity index (χ1v) is 7.23. The Balaban J connectivity index is 0.00000192. The maximum absolute atomic E-state index is 4.37. The maximum atomic E-state index is 4.37. The molecule has 3 heteroatoms. The van der Waals surface area contributed by atoms with Gasteiger partial charge < -0.3 is 9.56 Å². The molecule has 0 atom stereocenters. The van der Waals surface area contributed by atoms with Gasteiger partial charge in [-0.2, -0.15) is 6.07 Å². The van der Waals surface area contributed by atoms with E-state index in [0.717, 1.165) is 16.9 Å². The Kier molecular flexibility index (Phi) is 6.38. The van der Waals surface area contributed by atoms with Crippen LogP contribution in [0.2, 0.25) is 0 Å². The maximum Gasteiger partial charge on any atom is 0.115 e. The first kappa shape index (κ1) is 17.7. The largest absolute Gasteiger partial charge is 0.372 e. The van der Waals surface area contributed by atoms with E-state index >= 15 is 0 Å². The molecular weight excluding hydrogens is 357 g/mol. The second kappa shape index (κ2) is 8.28. The molecule has 0 fully saturated rings. The standard InChI is InChI=1S/C20H17N2.Y/c1-16-8-6-7-11-19(16)20-13-12-18(15-22(20)2)21-14-17-9-4-3-5-10-17;/h3-11,13,15H,1-2H3;/q-1;. The van der Waals surface area contributed by atoms with Crippen molar-refractivity contribution < 1.29 is 37.3 Å². The minimum absolute atomic E-state index is 0. The van der Waals surface area contributed by atoms with E-state index in [1.54, 1.807) is 0 Å². The summed E-state index contributed by atoms with van der Waals surface area (Å²) in [7, 11) is 2.02. The van der Waals surface area contributed by atoms with Crippen molar-refractivity contribution in [1.82, 2.24) is 0 Å². The number of rotatable bonds is 3. The zero-order chi connectivity index (χ0) is 15.4. The molecule has 0 bridgehead atoms. The SMILES string of the molecule is Cc1ccccc1-c1c[c-]c(N=[C-]c2ccccc2)c[n+]1C.[Y]. The third-order valence-corrected chi connectivity index (χ3v) is 3.55. The van der Waals surface area contributed by atoms with Crippen LogP contribution in [0.25, 0.3) is 11.3 Å². The number of aromatic nitrogens is 1. The monoisotopic (exact) mass is 374 g/mol. The molecule has 0 saturated carbocycles. The smallest absolute Gasteiger partial charge is 0.115 e. The molecule has 3 aromatic rings. The summed E-state index contributed by atoms with van der Waals surface area (Å²) in [5, 5.41) is 0. The van der Waals surface area contributed by atoms with Gasteiger partial charge in [-0.25, -0.2) is 0 Å². The van der Waals surface area contributed by atoms with Gasteiger partial charge in [-0.15, -0.1) is 35.9 Å². The topological polar surface area (TPSA) is 16.2 Å². The van der Waals surface area contributed by atoms with Crippen LogP contribution in [0.3, 0.4) is 0 Å². The molecule has 1 aromatic heterocycles. The van der Waals surface area contributed by atoms with Crippen molar-refractivity contribution in [1.29, 1.82) is 0 Å². The summed E-state index contributed by atoms with van der Waals surface area (Å²) in [6.07, 6.45) is 5.01. The minimum atomic E-state index is 0. The average Bonchev–Trinajstić information content (AvgIpc) is 2.55. The first-order valence-electron chi connectivity index (χ1n) is 7.23. The molecule has 0 aliphatic heterocycles.